The maximum absolute atomic E-state index is 12.1. The number of thioether (sulfide) groups is 1. The first-order valence-electron chi connectivity index (χ1n) is 4.78. The average molecular weight is 298 g/mol. The van der Waals surface area contributed by atoms with Gasteiger partial charge in [0.1, 0.15) is 9.56 Å². The summed E-state index contributed by atoms with van der Waals surface area (Å²) in [7, 11) is 0. The van der Waals surface area contributed by atoms with Crippen LogP contribution in [0.2, 0.25) is 0 Å². The molecule has 0 saturated carbocycles. The Kier molecular flexibility index (Phi) is 4.57. The van der Waals surface area contributed by atoms with Gasteiger partial charge in [0.2, 0.25) is 0 Å². The third-order valence-electron chi connectivity index (χ3n) is 2.29. The summed E-state index contributed by atoms with van der Waals surface area (Å²) in [6.45, 7) is 5.85. The summed E-state index contributed by atoms with van der Waals surface area (Å²) >= 11 is 4.15. The van der Waals surface area contributed by atoms with Crippen LogP contribution in [-0.2, 0) is 0 Å². The molecule has 0 aliphatic carbocycles. The summed E-state index contributed by atoms with van der Waals surface area (Å²) in [5.74, 6) is -0.0402. The van der Waals surface area contributed by atoms with Crippen molar-refractivity contribution in [2.75, 3.05) is 0 Å². The van der Waals surface area contributed by atoms with Crippen LogP contribution >= 0.6 is 27.7 Å². The van der Waals surface area contributed by atoms with Gasteiger partial charge in [0.25, 0.3) is 0 Å². The molecular formula is C12H12BrNOS. The lowest BCUT2D eigenvalue weighted by molar-refractivity contribution is 0.101. The molecule has 1 aromatic carbocycles. The van der Waals surface area contributed by atoms with Gasteiger partial charge in [-0.1, -0.05) is 33.6 Å². The van der Waals surface area contributed by atoms with E-state index < -0.39 is 4.16 Å². The van der Waals surface area contributed by atoms with Crippen LogP contribution in [0.15, 0.2) is 12.1 Å². The predicted molar refractivity (Wildman–Crippen MR) is 70.9 cm³/mol. The fourth-order valence-corrected chi connectivity index (χ4v) is 2.58. The molecule has 0 N–H and O–H groups in total. The van der Waals surface area contributed by atoms with Crippen molar-refractivity contribution >= 4 is 33.5 Å². The van der Waals surface area contributed by atoms with Gasteiger partial charge in [-0.2, -0.15) is 5.26 Å². The number of Topliss-reactive ketones (excluding diaryl/α,β-unsaturated/α-hetero) is 1. The van der Waals surface area contributed by atoms with E-state index in [0.29, 0.717) is 0 Å². The molecule has 1 atom stereocenters. The number of rotatable bonds is 3. The molecule has 0 spiro atoms. The standard InChI is InChI=1S/C12H12BrNOS/c1-7-4-8(2)10(9(3)5-7)11(15)12(13)16-6-14/h4-5,12H,1-3H3. The van der Waals surface area contributed by atoms with E-state index in [0.717, 1.165) is 34.0 Å². The highest BCUT2D eigenvalue weighted by Gasteiger charge is 2.21. The Morgan fingerprint density at radius 1 is 1.38 bits per heavy atom. The zero-order valence-corrected chi connectivity index (χ0v) is 11.8. The van der Waals surface area contributed by atoms with Gasteiger partial charge in [-0.15, -0.1) is 0 Å². The second-order valence-electron chi connectivity index (χ2n) is 3.66. The molecule has 0 aromatic heterocycles. The van der Waals surface area contributed by atoms with E-state index in [1.54, 1.807) is 0 Å². The maximum Gasteiger partial charge on any atom is 0.188 e. The molecule has 0 aliphatic rings. The second-order valence-corrected chi connectivity index (χ2v) is 6.07. The largest absolute Gasteiger partial charge is 0.292 e. The first-order chi connectivity index (χ1) is 7.47. The fraction of sp³-hybridized carbons (Fsp3) is 0.333. The summed E-state index contributed by atoms with van der Waals surface area (Å²) < 4.78 is -0.488. The van der Waals surface area contributed by atoms with Crippen molar-refractivity contribution in [3.63, 3.8) is 0 Å². The van der Waals surface area contributed by atoms with Gasteiger partial charge < -0.3 is 0 Å². The predicted octanol–water partition coefficient (Wildman–Crippen LogP) is 3.73. The fourth-order valence-electron chi connectivity index (χ4n) is 1.78. The van der Waals surface area contributed by atoms with Crippen LogP contribution in [0.1, 0.15) is 27.0 Å². The number of nitrogens with zero attached hydrogens (tertiary/aromatic N) is 1. The Balaban J connectivity index is 3.15. The van der Waals surface area contributed by atoms with Crippen LogP contribution in [0.25, 0.3) is 0 Å². The van der Waals surface area contributed by atoms with Crippen LogP contribution in [0, 0.1) is 31.4 Å². The minimum absolute atomic E-state index is 0.0402. The van der Waals surface area contributed by atoms with Gasteiger partial charge in [-0.25, -0.2) is 0 Å². The number of benzene rings is 1. The van der Waals surface area contributed by atoms with E-state index in [1.165, 1.54) is 0 Å². The molecule has 0 aliphatic heterocycles. The van der Waals surface area contributed by atoms with Crippen molar-refractivity contribution in [2.24, 2.45) is 0 Å². The highest BCUT2D eigenvalue weighted by Crippen LogP contribution is 2.25. The minimum Gasteiger partial charge on any atom is -0.292 e. The number of nitriles is 1. The Morgan fingerprint density at radius 3 is 2.31 bits per heavy atom. The van der Waals surface area contributed by atoms with Gasteiger partial charge >= 0.3 is 0 Å². The number of hydrogen-bond donors (Lipinski definition) is 0. The minimum atomic E-state index is -0.488. The first-order valence-corrected chi connectivity index (χ1v) is 6.57. The van der Waals surface area contributed by atoms with Crippen molar-refractivity contribution < 1.29 is 4.79 Å². The van der Waals surface area contributed by atoms with Crippen LogP contribution in [-0.4, -0.2) is 9.94 Å². The van der Waals surface area contributed by atoms with Crippen LogP contribution in [0.3, 0.4) is 0 Å². The number of hydrogen-bond acceptors (Lipinski definition) is 3. The number of alkyl halides is 1. The lowest BCUT2D eigenvalue weighted by Crippen LogP contribution is -2.13. The van der Waals surface area contributed by atoms with E-state index in [9.17, 15) is 4.79 Å². The van der Waals surface area contributed by atoms with Crippen LogP contribution < -0.4 is 0 Å². The molecule has 0 heterocycles. The molecule has 1 unspecified atom stereocenters. The van der Waals surface area contributed by atoms with E-state index in [1.807, 2.05) is 38.3 Å². The molecule has 0 fully saturated rings. The molecule has 0 radical (unpaired) electrons. The highest BCUT2D eigenvalue weighted by molar-refractivity contribution is 9.11. The second kappa shape index (κ2) is 5.51. The quantitative estimate of drug-likeness (QED) is 0.485. The summed E-state index contributed by atoms with van der Waals surface area (Å²) in [6, 6.07) is 3.97. The number of carbonyl (C=O) groups is 1. The maximum atomic E-state index is 12.1. The molecule has 0 bridgehead atoms. The third kappa shape index (κ3) is 2.87. The normalized spacial score (nSPS) is 11.9. The van der Waals surface area contributed by atoms with Crippen LogP contribution in [0.4, 0.5) is 0 Å². The van der Waals surface area contributed by atoms with E-state index in [2.05, 4.69) is 15.9 Å². The Labute approximate surface area is 108 Å². The number of thiocyanates is 1. The Bertz CT molecular complexity index is 442. The smallest absolute Gasteiger partial charge is 0.188 e. The van der Waals surface area contributed by atoms with Crippen molar-refractivity contribution in [2.45, 2.75) is 24.9 Å². The molecule has 16 heavy (non-hydrogen) atoms. The molecular weight excluding hydrogens is 286 g/mol. The monoisotopic (exact) mass is 297 g/mol. The molecule has 1 rings (SSSR count). The summed E-state index contributed by atoms with van der Waals surface area (Å²) in [4.78, 5) is 12.1. The van der Waals surface area contributed by atoms with Gasteiger partial charge in [0, 0.05) is 5.56 Å². The number of ketones is 1. The molecule has 84 valence electrons. The van der Waals surface area contributed by atoms with Gasteiger partial charge in [0.05, 0.1) is 0 Å². The molecule has 4 heteroatoms. The van der Waals surface area contributed by atoms with Gasteiger partial charge in [0.15, 0.2) is 5.78 Å². The number of halogens is 1. The lowest BCUT2D eigenvalue weighted by atomic mass is 9.97. The van der Waals surface area contributed by atoms with E-state index >= 15 is 0 Å². The Morgan fingerprint density at radius 2 is 1.88 bits per heavy atom. The zero-order chi connectivity index (χ0) is 12.3. The molecule has 1 aromatic rings. The van der Waals surface area contributed by atoms with E-state index in [-0.39, 0.29) is 5.78 Å². The number of aryl methyl sites for hydroxylation is 3. The first kappa shape index (κ1) is 13.3. The van der Waals surface area contributed by atoms with Crippen LogP contribution in [0.5, 0.6) is 0 Å². The number of carbonyl (C=O) groups excluding carboxylic acids is 1. The summed E-state index contributed by atoms with van der Waals surface area (Å²) in [6.07, 6.45) is 0. The topological polar surface area (TPSA) is 40.9 Å². The summed E-state index contributed by atoms with van der Waals surface area (Å²) in [5, 5.41) is 10.5. The summed E-state index contributed by atoms with van der Waals surface area (Å²) in [5.41, 5.74) is 3.79. The van der Waals surface area contributed by atoms with Crippen molar-refractivity contribution in [1.82, 2.24) is 0 Å². The van der Waals surface area contributed by atoms with Crippen molar-refractivity contribution in [3.05, 3.63) is 34.4 Å². The van der Waals surface area contributed by atoms with Crippen molar-refractivity contribution in [1.29, 1.82) is 5.26 Å². The SMILES string of the molecule is Cc1cc(C)c(C(=O)C(Br)SC#N)c(C)c1. The van der Waals surface area contributed by atoms with Crippen molar-refractivity contribution in [3.8, 4) is 5.40 Å². The molecule has 2 nitrogen and oxygen atoms in total. The zero-order valence-electron chi connectivity index (χ0n) is 9.37. The average Bonchev–Trinajstić information content (AvgIpc) is 2.16. The molecule has 0 saturated heterocycles. The van der Waals surface area contributed by atoms with Gasteiger partial charge in [-0.05, 0) is 43.7 Å². The van der Waals surface area contributed by atoms with Gasteiger partial charge in [-0.3, -0.25) is 4.79 Å². The highest BCUT2D eigenvalue weighted by atomic mass is 79.9. The third-order valence-corrected chi connectivity index (χ3v) is 3.79. The Hall–Kier alpha value is -0.790. The lowest BCUT2D eigenvalue weighted by Gasteiger charge is -2.11. The van der Waals surface area contributed by atoms with E-state index in [4.69, 9.17) is 5.26 Å². The molecule has 0 amide bonds.